The lowest BCUT2D eigenvalue weighted by molar-refractivity contribution is -0.143. The maximum Gasteiger partial charge on any atom is 0.328 e. The van der Waals surface area contributed by atoms with Crippen molar-refractivity contribution in [3.8, 4) is 0 Å². The maximum absolute atomic E-state index is 14.0. The van der Waals surface area contributed by atoms with Gasteiger partial charge in [0.15, 0.2) is 6.04 Å². The summed E-state index contributed by atoms with van der Waals surface area (Å²) in [6.07, 6.45) is 2.53. The summed E-state index contributed by atoms with van der Waals surface area (Å²) < 4.78 is 33.2. The van der Waals surface area contributed by atoms with Crippen LogP contribution in [0.25, 0.3) is 0 Å². The summed E-state index contributed by atoms with van der Waals surface area (Å²) in [5.74, 6) is -3.23. The smallest absolute Gasteiger partial charge is 0.328 e. The van der Waals surface area contributed by atoms with Crippen molar-refractivity contribution in [1.82, 2.24) is 4.90 Å². The first-order valence-electron chi connectivity index (χ1n) is 7.99. The molecule has 1 aliphatic heterocycles. The molecule has 1 spiro atoms. The van der Waals surface area contributed by atoms with Gasteiger partial charge in [-0.1, -0.05) is 6.92 Å². The standard InChI is InChI=1S/C17H19F2NO4/c1-10-4-6-17(7-5-10)20(14(9-24-17)16(22)23)15(21)12-8-11(18)2-3-13(12)19/h2-3,8,10,14H,4-7,9H2,1H3,(H,22,23)/t10?,14-,17?/m0/s1. The lowest BCUT2D eigenvalue weighted by atomic mass is 9.83. The fourth-order valence-electron chi connectivity index (χ4n) is 3.56. The van der Waals surface area contributed by atoms with Crippen LogP contribution in [0.4, 0.5) is 8.78 Å². The highest BCUT2D eigenvalue weighted by molar-refractivity contribution is 5.97. The summed E-state index contributed by atoms with van der Waals surface area (Å²) >= 11 is 0. The number of carbonyl (C=O) groups is 2. The van der Waals surface area contributed by atoms with Gasteiger partial charge in [-0.15, -0.1) is 0 Å². The Morgan fingerprint density at radius 3 is 2.58 bits per heavy atom. The predicted molar refractivity (Wildman–Crippen MR) is 80.3 cm³/mol. The molecular weight excluding hydrogens is 320 g/mol. The van der Waals surface area contributed by atoms with Crippen LogP contribution < -0.4 is 0 Å². The Bertz CT molecular complexity index is 671. The van der Waals surface area contributed by atoms with Crippen molar-refractivity contribution in [3.05, 3.63) is 35.4 Å². The van der Waals surface area contributed by atoms with Crippen LogP contribution in [0.1, 0.15) is 43.0 Å². The minimum absolute atomic E-state index is 0.146. The Hall–Kier alpha value is -2.02. The minimum atomic E-state index is -1.21. The quantitative estimate of drug-likeness (QED) is 0.900. The first kappa shape index (κ1) is 16.8. The van der Waals surface area contributed by atoms with Crippen LogP contribution in [0.15, 0.2) is 18.2 Å². The number of carboxylic acid groups (broad SMARTS) is 1. The van der Waals surface area contributed by atoms with E-state index >= 15 is 0 Å². The van der Waals surface area contributed by atoms with Gasteiger partial charge < -0.3 is 9.84 Å². The Labute approximate surface area is 138 Å². The van der Waals surface area contributed by atoms with E-state index < -0.39 is 40.8 Å². The molecule has 130 valence electrons. The fraction of sp³-hybridized carbons (Fsp3) is 0.529. The molecule has 0 aromatic heterocycles. The molecule has 7 heteroatoms. The van der Waals surface area contributed by atoms with Gasteiger partial charge in [-0.05, 0) is 49.8 Å². The van der Waals surface area contributed by atoms with Crippen LogP contribution >= 0.6 is 0 Å². The van der Waals surface area contributed by atoms with Gasteiger partial charge in [-0.2, -0.15) is 0 Å². The predicted octanol–water partition coefficient (Wildman–Crippen LogP) is 2.80. The minimum Gasteiger partial charge on any atom is -0.480 e. The highest BCUT2D eigenvalue weighted by Gasteiger charge is 2.54. The molecule has 2 aliphatic rings. The molecular formula is C17H19F2NO4. The van der Waals surface area contributed by atoms with Crippen molar-refractivity contribution in [2.45, 2.75) is 44.4 Å². The number of nitrogens with zero attached hydrogens (tertiary/aromatic N) is 1. The molecule has 3 rings (SSSR count). The van der Waals surface area contributed by atoms with Gasteiger partial charge in [0.2, 0.25) is 0 Å². The fourth-order valence-corrected chi connectivity index (χ4v) is 3.56. The van der Waals surface area contributed by atoms with Gasteiger partial charge >= 0.3 is 5.97 Å². The topological polar surface area (TPSA) is 66.8 Å². The summed E-state index contributed by atoms with van der Waals surface area (Å²) in [4.78, 5) is 25.5. The van der Waals surface area contributed by atoms with Crippen molar-refractivity contribution in [3.63, 3.8) is 0 Å². The zero-order chi connectivity index (χ0) is 17.5. The second kappa shape index (κ2) is 6.12. The molecule has 0 radical (unpaired) electrons. The van der Waals surface area contributed by atoms with Gasteiger partial charge in [0.05, 0.1) is 12.2 Å². The molecule has 1 aromatic rings. The van der Waals surface area contributed by atoms with Crippen molar-refractivity contribution in [2.24, 2.45) is 5.92 Å². The molecule has 1 atom stereocenters. The summed E-state index contributed by atoms with van der Waals surface area (Å²) in [7, 11) is 0. The third-order valence-corrected chi connectivity index (χ3v) is 4.98. The maximum atomic E-state index is 14.0. The van der Waals surface area contributed by atoms with Crippen molar-refractivity contribution >= 4 is 11.9 Å². The van der Waals surface area contributed by atoms with Crippen LogP contribution in [0.2, 0.25) is 0 Å². The summed E-state index contributed by atoms with van der Waals surface area (Å²) in [5, 5.41) is 9.43. The lowest BCUT2D eigenvalue weighted by Crippen LogP contribution is -2.55. The van der Waals surface area contributed by atoms with Crippen molar-refractivity contribution in [1.29, 1.82) is 0 Å². The summed E-state index contributed by atoms with van der Waals surface area (Å²) in [6, 6.07) is 1.38. The average molecular weight is 339 g/mol. The van der Waals surface area contributed by atoms with E-state index in [9.17, 15) is 23.5 Å². The molecule has 24 heavy (non-hydrogen) atoms. The van der Waals surface area contributed by atoms with E-state index in [1.165, 1.54) is 0 Å². The molecule has 0 unspecified atom stereocenters. The van der Waals surface area contributed by atoms with Gasteiger partial charge in [-0.3, -0.25) is 9.69 Å². The lowest BCUT2D eigenvalue weighted by Gasteiger charge is -2.42. The largest absolute Gasteiger partial charge is 0.480 e. The Kier molecular flexibility index (Phi) is 4.29. The second-order valence-electron chi connectivity index (χ2n) is 6.59. The molecule has 1 aliphatic carbocycles. The number of aliphatic carboxylic acids is 1. The Balaban J connectivity index is 2.00. The van der Waals surface area contributed by atoms with Gasteiger partial charge in [0, 0.05) is 0 Å². The number of hydrogen-bond donors (Lipinski definition) is 1. The average Bonchev–Trinajstić information content (AvgIpc) is 2.91. The number of carboxylic acids is 1. The third-order valence-electron chi connectivity index (χ3n) is 4.98. The number of ether oxygens (including phenoxy) is 1. The van der Waals surface area contributed by atoms with Crippen molar-refractivity contribution in [2.75, 3.05) is 6.61 Å². The van der Waals surface area contributed by atoms with E-state index in [-0.39, 0.29) is 6.61 Å². The van der Waals surface area contributed by atoms with Gasteiger partial charge in [0.25, 0.3) is 5.91 Å². The highest BCUT2D eigenvalue weighted by Crippen LogP contribution is 2.43. The number of halogens is 2. The molecule has 1 aromatic carbocycles. The SMILES string of the molecule is CC1CCC2(CC1)OC[C@@H](C(=O)O)N2C(=O)c1cc(F)ccc1F. The van der Waals surface area contributed by atoms with E-state index in [2.05, 4.69) is 6.92 Å². The molecule has 1 saturated carbocycles. The number of rotatable bonds is 2. The van der Waals surface area contributed by atoms with Gasteiger partial charge in [0.1, 0.15) is 17.4 Å². The number of hydrogen-bond acceptors (Lipinski definition) is 3. The number of amides is 1. The van der Waals surface area contributed by atoms with Crippen LogP contribution in [0.5, 0.6) is 0 Å². The zero-order valence-corrected chi connectivity index (χ0v) is 13.3. The van der Waals surface area contributed by atoms with E-state index in [1.54, 1.807) is 0 Å². The number of carbonyl (C=O) groups excluding carboxylic acids is 1. The van der Waals surface area contributed by atoms with Crippen molar-refractivity contribution < 1.29 is 28.2 Å². The highest BCUT2D eigenvalue weighted by atomic mass is 19.1. The van der Waals surface area contributed by atoms with Crippen LogP contribution in [0.3, 0.4) is 0 Å². The van der Waals surface area contributed by atoms with Crippen LogP contribution in [-0.4, -0.2) is 40.3 Å². The van der Waals surface area contributed by atoms with E-state index in [1.807, 2.05) is 0 Å². The normalized spacial score (nSPS) is 29.9. The van der Waals surface area contributed by atoms with Gasteiger partial charge in [-0.25, -0.2) is 13.6 Å². The third kappa shape index (κ3) is 2.77. The first-order chi connectivity index (χ1) is 11.3. The first-order valence-corrected chi connectivity index (χ1v) is 7.99. The molecule has 2 fully saturated rings. The molecule has 0 bridgehead atoms. The van der Waals surface area contributed by atoms with Crippen LogP contribution in [-0.2, 0) is 9.53 Å². The molecule has 5 nitrogen and oxygen atoms in total. The summed E-state index contributed by atoms with van der Waals surface area (Å²) in [5.41, 5.74) is -1.52. The summed E-state index contributed by atoms with van der Waals surface area (Å²) in [6.45, 7) is 1.93. The molecule has 1 amide bonds. The molecule has 1 heterocycles. The van der Waals surface area contributed by atoms with E-state index in [0.29, 0.717) is 18.8 Å². The van der Waals surface area contributed by atoms with E-state index in [0.717, 1.165) is 35.9 Å². The second-order valence-corrected chi connectivity index (χ2v) is 6.59. The monoisotopic (exact) mass is 339 g/mol. The molecule has 1 N–H and O–H groups in total. The Morgan fingerprint density at radius 2 is 1.96 bits per heavy atom. The van der Waals surface area contributed by atoms with Crippen LogP contribution in [0, 0.1) is 17.6 Å². The zero-order valence-electron chi connectivity index (χ0n) is 13.3. The molecule has 1 saturated heterocycles. The van der Waals surface area contributed by atoms with E-state index in [4.69, 9.17) is 4.74 Å². The Morgan fingerprint density at radius 1 is 1.29 bits per heavy atom. The number of benzene rings is 1.